The molecule has 2 rings (SSSR count). The van der Waals surface area contributed by atoms with Gasteiger partial charge in [-0.3, -0.25) is 0 Å². The van der Waals surface area contributed by atoms with Crippen LogP contribution >= 0.6 is 22.6 Å². The van der Waals surface area contributed by atoms with Crippen molar-refractivity contribution < 1.29 is 0 Å². The Labute approximate surface area is 142 Å². The summed E-state index contributed by atoms with van der Waals surface area (Å²) in [6, 6.07) is 18.2. The second-order valence-corrected chi connectivity index (χ2v) is 7.79. The third-order valence-corrected chi connectivity index (χ3v) is 4.60. The van der Waals surface area contributed by atoms with E-state index in [9.17, 15) is 0 Å². The van der Waals surface area contributed by atoms with Crippen molar-refractivity contribution in [2.45, 2.75) is 38.6 Å². The molecule has 0 aromatic heterocycles. The van der Waals surface area contributed by atoms with Crippen LogP contribution in [0.5, 0.6) is 0 Å². The van der Waals surface area contributed by atoms with Crippen molar-refractivity contribution in [2.75, 3.05) is 7.05 Å². The zero-order chi connectivity index (χ0) is 15.5. The summed E-state index contributed by atoms with van der Waals surface area (Å²) < 4.78 is 1.28. The third-order valence-electron chi connectivity index (χ3n) is 3.88. The number of likely N-dealkylation sites (N-methyl/N-ethyl adjacent to an activating group) is 1. The Bertz CT molecular complexity index is 564. The van der Waals surface area contributed by atoms with Crippen LogP contribution in [0.15, 0.2) is 48.5 Å². The van der Waals surface area contributed by atoms with Gasteiger partial charge in [0.15, 0.2) is 0 Å². The second kappa shape index (κ2) is 6.93. The quantitative estimate of drug-likeness (QED) is 0.714. The Kier molecular flexibility index (Phi) is 5.44. The summed E-state index contributed by atoms with van der Waals surface area (Å²) in [5, 5.41) is 3.44. The van der Waals surface area contributed by atoms with Crippen LogP contribution in [-0.4, -0.2) is 7.05 Å². The monoisotopic (exact) mass is 393 g/mol. The highest BCUT2D eigenvalue weighted by molar-refractivity contribution is 14.1. The van der Waals surface area contributed by atoms with E-state index in [4.69, 9.17) is 0 Å². The number of rotatable bonds is 4. The highest BCUT2D eigenvalue weighted by Gasteiger charge is 2.15. The van der Waals surface area contributed by atoms with Crippen LogP contribution in [0, 0.1) is 3.57 Å². The van der Waals surface area contributed by atoms with Crippen molar-refractivity contribution in [3.8, 4) is 0 Å². The molecule has 1 atom stereocenters. The molecule has 0 bridgehead atoms. The summed E-state index contributed by atoms with van der Waals surface area (Å²) in [5.74, 6) is 0. The maximum atomic E-state index is 3.44. The summed E-state index contributed by atoms with van der Waals surface area (Å²) in [7, 11) is 2.04. The van der Waals surface area contributed by atoms with Crippen molar-refractivity contribution in [1.29, 1.82) is 0 Å². The summed E-state index contributed by atoms with van der Waals surface area (Å²) in [4.78, 5) is 0. The second-order valence-electron chi connectivity index (χ2n) is 6.54. The first-order valence-corrected chi connectivity index (χ1v) is 8.50. The molecule has 2 aromatic carbocycles. The van der Waals surface area contributed by atoms with Gasteiger partial charge in [-0.1, -0.05) is 57.2 Å². The minimum atomic E-state index is 0.212. The zero-order valence-electron chi connectivity index (χ0n) is 13.3. The summed E-state index contributed by atoms with van der Waals surface area (Å²) in [6.07, 6.45) is 1.02. The van der Waals surface area contributed by atoms with Gasteiger partial charge in [0.05, 0.1) is 0 Å². The molecule has 0 aliphatic carbocycles. The molecule has 21 heavy (non-hydrogen) atoms. The minimum Gasteiger partial charge on any atom is -0.313 e. The van der Waals surface area contributed by atoms with E-state index in [1.807, 2.05) is 7.05 Å². The van der Waals surface area contributed by atoms with Crippen molar-refractivity contribution in [1.82, 2.24) is 5.32 Å². The Morgan fingerprint density at radius 3 is 2.00 bits per heavy atom. The van der Waals surface area contributed by atoms with Crippen LogP contribution in [-0.2, 0) is 11.8 Å². The van der Waals surface area contributed by atoms with Gasteiger partial charge in [0.2, 0.25) is 0 Å². The lowest BCUT2D eigenvalue weighted by Gasteiger charge is -2.21. The fraction of sp³-hybridized carbons (Fsp3) is 0.368. The molecule has 0 aliphatic heterocycles. The van der Waals surface area contributed by atoms with Crippen LogP contribution in [0.4, 0.5) is 0 Å². The molecule has 2 heteroatoms. The van der Waals surface area contributed by atoms with Crippen molar-refractivity contribution in [3.05, 3.63) is 68.8 Å². The molecule has 0 radical (unpaired) electrons. The van der Waals surface area contributed by atoms with Crippen LogP contribution in [0.25, 0.3) is 0 Å². The topological polar surface area (TPSA) is 12.0 Å². The fourth-order valence-corrected chi connectivity index (χ4v) is 2.82. The smallest absolute Gasteiger partial charge is 0.0358 e. The van der Waals surface area contributed by atoms with Crippen LogP contribution in [0.2, 0.25) is 0 Å². The Morgan fingerprint density at radius 1 is 0.952 bits per heavy atom. The van der Waals surface area contributed by atoms with Crippen LogP contribution < -0.4 is 5.32 Å². The van der Waals surface area contributed by atoms with Crippen molar-refractivity contribution in [2.24, 2.45) is 0 Å². The maximum Gasteiger partial charge on any atom is 0.0358 e. The lowest BCUT2D eigenvalue weighted by molar-refractivity contribution is 0.580. The van der Waals surface area contributed by atoms with Gasteiger partial charge in [-0.2, -0.15) is 0 Å². The van der Waals surface area contributed by atoms with E-state index < -0.39 is 0 Å². The van der Waals surface area contributed by atoms with Gasteiger partial charge >= 0.3 is 0 Å². The Hall–Kier alpha value is -0.870. The van der Waals surface area contributed by atoms with Crippen molar-refractivity contribution >= 4 is 22.6 Å². The van der Waals surface area contributed by atoms with Gasteiger partial charge in [0.25, 0.3) is 0 Å². The molecule has 0 saturated carbocycles. The summed E-state index contributed by atoms with van der Waals surface area (Å²) in [5.41, 5.74) is 4.32. The highest BCUT2D eigenvalue weighted by atomic mass is 127. The fourth-order valence-electron chi connectivity index (χ4n) is 2.46. The first-order valence-electron chi connectivity index (χ1n) is 7.42. The molecule has 112 valence electrons. The molecule has 2 aromatic rings. The van der Waals surface area contributed by atoms with Gasteiger partial charge in [-0.05, 0) is 70.3 Å². The van der Waals surface area contributed by atoms with E-state index in [2.05, 4.69) is 97.2 Å². The Morgan fingerprint density at radius 2 is 1.52 bits per heavy atom. The van der Waals surface area contributed by atoms with Gasteiger partial charge in [-0.25, -0.2) is 0 Å². The normalized spacial score (nSPS) is 13.2. The number of hydrogen-bond donors (Lipinski definition) is 1. The van der Waals surface area contributed by atoms with E-state index in [0.717, 1.165) is 6.42 Å². The SMILES string of the molecule is CNC(Cc1ccc(I)cc1)c1ccc(C(C)(C)C)cc1. The first-order chi connectivity index (χ1) is 9.90. The van der Waals surface area contributed by atoms with E-state index in [1.165, 1.54) is 20.3 Å². The molecule has 0 spiro atoms. The van der Waals surface area contributed by atoms with E-state index in [1.54, 1.807) is 0 Å². The molecule has 0 amide bonds. The number of benzene rings is 2. The summed E-state index contributed by atoms with van der Waals surface area (Å²) >= 11 is 2.35. The zero-order valence-corrected chi connectivity index (χ0v) is 15.4. The largest absolute Gasteiger partial charge is 0.313 e. The highest BCUT2D eigenvalue weighted by Crippen LogP contribution is 2.25. The average molecular weight is 393 g/mol. The minimum absolute atomic E-state index is 0.212. The standard InChI is InChI=1S/C19H24IN/c1-19(2,3)16-9-7-15(8-10-16)18(21-4)13-14-5-11-17(20)12-6-14/h5-12,18,21H,13H2,1-4H3. The number of nitrogens with one attached hydrogen (secondary N) is 1. The molecule has 0 heterocycles. The van der Waals surface area contributed by atoms with Crippen molar-refractivity contribution in [3.63, 3.8) is 0 Å². The molecule has 1 unspecified atom stereocenters. The van der Waals surface area contributed by atoms with E-state index >= 15 is 0 Å². The first kappa shape index (κ1) is 16.5. The molecule has 0 aliphatic rings. The van der Waals surface area contributed by atoms with Gasteiger partial charge in [-0.15, -0.1) is 0 Å². The predicted molar refractivity (Wildman–Crippen MR) is 99.8 cm³/mol. The molecule has 1 nitrogen and oxygen atoms in total. The molecule has 0 fully saturated rings. The average Bonchev–Trinajstić information content (AvgIpc) is 2.46. The van der Waals surface area contributed by atoms with E-state index in [-0.39, 0.29) is 5.41 Å². The molecular weight excluding hydrogens is 369 g/mol. The van der Waals surface area contributed by atoms with Gasteiger partial charge < -0.3 is 5.32 Å². The predicted octanol–water partition coefficient (Wildman–Crippen LogP) is 5.09. The molecule has 1 N–H and O–H groups in total. The van der Waals surface area contributed by atoms with Crippen LogP contribution in [0.3, 0.4) is 0 Å². The maximum absolute atomic E-state index is 3.44. The third kappa shape index (κ3) is 4.55. The number of halogens is 1. The Balaban J connectivity index is 2.15. The van der Waals surface area contributed by atoms with E-state index in [0.29, 0.717) is 6.04 Å². The lowest BCUT2D eigenvalue weighted by Crippen LogP contribution is -2.19. The van der Waals surface area contributed by atoms with Crippen LogP contribution in [0.1, 0.15) is 43.5 Å². The molecular formula is C19H24IN. The number of hydrogen-bond acceptors (Lipinski definition) is 1. The summed E-state index contributed by atoms with van der Waals surface area (Å²) in [6.45, 7) is 6.76. The molecule has 0 saturated heterocycles. The van der Waals surface area contributed by atoms with Gasteiger partial charge in [0.1, 0.15) is 0 Å². The lowest BCUT2D eigenvalue weighted by atomic mass is 9.86. The van der Waals surface area contributed by atoms with Gasteiger partial charge in [0, 0.05) is 9.61 Å².